The summed E-state index contributed by atoms with van der Waals surface area (Å²) in [6, 6.07) is 12.3. The van der Waals surface area contributed by atoms with Crippen molar-refractivity contribution in [3.8, 4) is 28.6 Å². The third-order valence-electron chi connectivity index (χ3n) is 3.87. The zero-order valence-corrected chi connectivity index (χ0v) is 16.5. The largest absolute Gasteiger partial charge is 0.493 e. The quantitative estimate of drug-likeness (QED) is 0.431. The van der Waals surface area contributed by atoms with E-state index in [0.717, 1.165) is 0 Å². The van der Waals surface area contributed by atoms with Gasteiger partial charge in [0.15, 0.2) is 23.9 Å². The normalized spacial score (nSPS) is 10.8. The Morgan fingerprint density at radius 3 is 2.69 bits per heavy atom. The summed E-state index contributed by atoms with van der Waals surface area (Å²) >= 11 is 5.28. The summed E-state index contributed by atoms with van der Waals surface area (Å²) in [5.74, 6) is 0.925. The van der Waals surface area contributed by atoms with E-state index in [1.165, 1.54) is 10.9 Å². The molecule has 150 valence electrons. The number of benzene rings is 2. The van der Waals surface area contributed by atoms with Gasteiger partial charge in [-0.2, -0.15) is 14.9 Å². The summed E-state index contributed by atoms with van der Waals surface area (Å²) in [5.41, 5.74) is 1.30. The molecule has 2 N–H and O–H groups in total. The van der Waals surface area contributed by atoms with E-state index in [9.17, 15) is 4.79 Å². The third kappa shape index (κ3) is 4.61. The zero-order valence-electron chi connectivity index (χ0n) is 15.7. The number of rotatable bonds is 8. The van der Waals surface area contributed by atoms with Crippen LogP contribution in [0.25, 0.3) is 11.4 Å². The van der Waals surface area contributed by atoms with Gasteiger partial charge < -0.3 is 19.3 Å². The number of ether oxygens (including phenoxy) is 3. The minimum Gasteiger partial charge on any atom is -0.493 e. The Morgan fingerprint density at radius 2 is 1.97 bits per heavy atom. The molecule has 0 fully saturated rings. The molecule has 0 atom stereocenters. The highest BCUT2D eigenvalue weighted by Gasteiger charge is 2.12. The number of para-hydroxylation sites is 1. The number of hydrogen-bond donors (Lipinski definition) is 2. The second-order valence-corrected chi connectivity index (χ2v) is 6.09. The Hall–Kier alpha value is -3.66. The van der Waals surface area contributed by atoms with E-state index in [1.807, 2.05) is 6.07 Å². The molecule has 0 spiro atoms. The molecule has 1 heterocycles. The molecule has 2 aromatic carbocycles. The van der Waals surface area contributed by atoms with Gasteiger partial charge in [-0.05, 0) is 42.5 Å². The van der Waals surface area contributed by atoms with Crippen molar-refractivity contribution in [1.29, 1.82) is 0 Å². The van der Waals surface area contributed by atoms with Crippen molar-refractivity contribution in [3.05, 3.63) is 52.8 Å². The lowest BCUT2D eigenvalue weighted by Crippen LogP contribution is -2.10. The summed E-state index contributed by atoms with van der Waals surface area (Å²) in [6.07, 6.45) is 1.52. The van der Waals surface area contributed by atoms with Crippen LogP contribution in [0.15, 0.2) is 47.6 Å². The van der Waals surface area contributed by atoms with E-state index in [1.54, 1.807) is 50.6 Å². The first-order valence-electron chi connectivity index (χ1n) is 8.41. The monoisotopic (exact) mass is 414 g/mol. The first-order valence-corrected chi connectivity index (χ1v) is 8.82. The number of aromatic nitrogens is 3. The summed E-state index contributed by atoms with van der Waals surface area (Å²) < 4.78 is 17.6. The molecule has 0 radical (unpaired) electrons. The molecule has 29 heavy (non-hydrogen) atoms. The molecule has 0 unspecified atom stereocenters. The van der Waals surface area contributed by atoms with Gasteiger partial charge in [-0.15, -0.1) is 0 Å². The number of aromatic amines is 1. The fraction of sp³-hybridized carbons (Fsp3) is 0.158. The number of methoxy groups -OCH3 is 2. The number of hydrogen-bond acceptors (Lipinski definition) is 7. The maximum absolute atomic E-state index is 10.8. The molecule has 0 saturated carbocycles. The van der Waals surface area contributed by atoms with Crippen LogP contribution in [0.1, 0.15) is 5.56 Å². The highest BCUT2D eigenvalue weighted by molar-refractivity contribution is 7.71. The lowest BCUT2D eigenvalue weighted by atomic mass is 10.2. The molecule has 3 aromatic rings. The first-order chi connectivity index (χ1) is 14.0. The van der Waals surface area contributed by atoms with Crippen LogP contribution >= 0.6 is 12.2 Å². The molecule has 0 aliphatic heterocycles. The summed E-state index contributed by atoms with van der Waals surface area (Å²) in [6.45, 7) is -0.452. The topological polar surface area (TPSA) is 111 Å². The molecule has 3 rings (SSSR count). The van der Waals surface area contributed by atoms with Crippen molar-refractivity contribution >= 4 is 24.4 Å². The van der Waals surface area contributed by atoms with E-state index >= 15 is 0 Å². The van der Waals surface area contributed by atoms with E-state index in [0.29, 0.717) is 34.2 Å². The highest BCUT2D eigenvalue weighted by atomic mass is 32.1. The molecule has 9 nitrogen and oxygen atoms in total. The fourth-order valence-corrected chi connectivity index (χ4v) is 2.72. The van der Waals surface area contributed by atoms with Gasteiger partial charge in [0.25, 0.3) is 0 Å². The summed E-state index contributed by atoms with van der Waals surface area (Å²) in [5, 5.41) is 20.2. The van der Waals surface area contributed by atoms with Crippen molar-refractivity contribution in [3.63, 3.8) is 0 Å². The number of nitrogens with zero attached hydrogens (tertiary/aromatic N) is 3. The average molecular weight is 414 g/mol. The van der Waals surface area contributed by atoms with E-state index < -0.39 is 12.6 Å². The Labute approximate surface area is 171 Å². The Morgan fingerprint density at radius 1 is 1.21 bits per heavy atom. The fourth-order valence-electron chi connectivity index (χ4n) is 2.54. The molecule has 1 aromatic heterocycles. The third-order valence-corrected chi connectivity index (χ3v) is 4.14. The van der Waals surface area contributed by atoms with Gasteiger partial charge in [0, 0.05) is 11.1 Å². The van der Waals surface area contributed by atoms with Gasteiger partial charge in [-0.25, -0.2) is 9.89 Å². The molecule has 0 bridgehead atoms. The minimum absolute atomic E-state index is 0.287. The van der Waals surface area contributed by atoms with E-state index in [-0.39, 0.29) is 4.77 Å². The van der Waals surface area contributed by atoms with Crippen molar-refractivity contribution in [1.82, 2.24) is 14.9 Å². The highest BCUT2D eigenvalue weighted by Crippen LogP contribution is 2.31. The summed E-state index contributed by atoms with van der Waals surface area (Å²) in [7, 11) is 3.10. The zero-order chi connectivity index (χ0) is 20.8. The van der Waals surface area contributed by atoms with Crippen molar-refractivity contribution < 1.29 is 24.1 Å². The summed E-state index contributed by atoms with van der Waals surface area (Å²) in [4.78, 5) is 10.8. The SMILES string of the molecule is COc1ccc(-c2n[nH]c(=S)n2N=Cc2ccccc2OCC(=O)O)cc1OC. The van der Waals surface area contributed by atoms with Gasteiger partial charge in [-0.1, -0.05) is 12.1 Å². The van der Waals surface area contributed by atoms with Crippen LogP contribution < -0.4 is 14.2 Å². The predicted molar refractivity (Wildman–Crippen MR) is 109 cm³/mol. The van der Waals surface area contributed by atoms with Crippen LogP contribution in [0, 0.1) is 4.77 Å². The predicted octanol–water partition coefficient (Wildman–Crippen LogP) is 2.97. The molecule has 10 heteroatoms. The van der Waals surface area contributed by atoms with Crippen LogP contribution in [-0.2, 0) is 4.79 Å². The average Bonchev–Trinajstić information content (AvgIpc) is 3.11. The number of carboxylic acids is 1. The Kier molecular flexibility index (Phi) is 6.25. The smallest absolute Gasteiger partial charge is 0.341 e. The standard InChI is InChI=1S/C19H18N4O5S/c1-26-15-8-7-12(9-16(15)27-2)18-21-22-19(29)23(18)20-10-13-5-3-4-6-14(13)28-11-17(24)25/h3-10H,11H2,1-2H3,(H,22,29)(H,24,25). The van der Waals surface area contributed by atoms with Gasteiger partial charge in [-0.3, -0.25) is 0 Å². The van der Waals surface area contributed by atoms with Crippen molar-refractivity contribution in [2.24, 2.45) is 5.10 Å². The number of carboxylic acid groups (broad SMARTS) is 1. The lowest BCUT2D eigenvalue weighted by Gasteiger charge is -2.09. The Balaban J connectivity index is 1.96. The van der Waals surface area contributed by atoms with Gasteiger partial charge in [0.05, 0.1) is 20.4 Å². The van der Waals surface area contributed by atoms with E-state index in [4.69, 9.17) is 31.5 Å². The van der Waals surface area contributed by atoms with Crippen molar-refractivity contribution in [2.75, 3.05) is 20.8 Å². The molecule has 0 amide bonds. The second kappa shape index (κ2) is 9.02. The number of nitrogens with one attached hydrogen (secondary N) is 1. The van der Waals surface area contributed by atoms with Crippen LogP contribution in [-0.4, -0.2) is 53.0 Å². The number of aliphatic carboxylic acids is 1. The van der Waals surface area contributed by atoms with Gasteiger partial charge >= 0.3 is 5.97 Å². The maximum Gasteiger partial charge on any atom is 0.341 e. The van der Waals surface area contributed by atoms with Crippen LogP contribution in [0.2, 0.25) is 0 Å². The molecule has 0 saturated heterocycles. The molecular weight excluding hydrogens is 396 g/mol. The van der Waals surface area contributed by atoms with Crippen LogP contribution in [0.4, 0.5) is 0 Å². The minimum atomic E-state index is -1.07. The maximum atomic E-state index is 10.8. The van der Waals surface area contributed by atoms with Crippen molar-refractivity contribution in [2.45, 2.75) is 0 Å². The van der Waals surface area contributed by atoms with Crippen LogP contribution in [0.3, 0.4) is 0 Å². The Bertz CT molecular complexity index is 1110. The second-order valence-electron chi connectivity index (χ2n) is 5.70. The van der Waals surface area contributed by atoms with Gasteiger partial charge in [0.2, 0.25) is 4.77 Å². The van der Waals surface area contributed by atoms with Crippen LogP contribution in [0.5, 0.6) is 17.2 Å². The number of carbonyl (C=O) groups is 1. The molecular formula is C19H18N4O5S. The lowest BCUT2D eigenvalue weighted by molar-refractivity contribution is -0.139. The number of H-pyrrole nitrogens is 1. The van der Waals surface area contributed by atoms with E-state index in [2.05, 4.69) is 15.3 Å². The molecule has 0 aliphatic rings. The van der Waals surface area contributed by atoms with Gasteiger partial charge in [0.1, 0.15) is 5.75 Å². The molecule has 0 aliphatic carbocycles. The first kappa shape index (κ1) is 20.1.